The van der Waals surface area contributed by atoms with Crippen molar-refractivity contribution in [1.82, 2.24) is 9.88 Å². The summed E-state index contributed by atoms with van der Waals surface area (Å²) in [5.74, 6) is 6.81. The largest absolute Gasteiger partial charge is 0.375 e. The maximum atomic E-state index is 11.8. The summed E-state index contributed by atoms with van der Waals surface area (Å²) in [6.45, 7) is 1.04. The third-order valence-electron chi connectivity index (χ3n) is 9.51. The van der Waals surface area contributed by atoms with Crippen LogP contribution < -0.4 is 0 Å². The SMILES string of the molecule is OC12C3C4CC5C6C4C1C6C(C53)N2CCc1c[nH]c2ccccc12. The van der Waals surface area contributed by atoms with Crippen LogP contribution in [0.15, 0.2) is 30.5 Å². The van der Waals surface area contributed by atoms with Crippen molar-refractivity contribution in [3.63, 3.8) is 0 Å². The first-order chi connectivity index (χ1) is 11.8. The number of H-pyrrole nitrogens is 1. The van der Waals surface area contributed by atoms with Gasteiger partial charge in [0.25, 0.3) is 0 Å². The minimum atomic E-state index is -0.413. The second kappa shape index (κ2) is 3.34. The number of hydrogen-bond acceptors (Lipinski definition) is 2. The average Bonchev–Trinajstić information content (AvgIpc) is 3.28. The lowest BCUT2D eigenvalue weighted by Gasteiger charge is -2.45. The molecule has 2 N–H and O–H groups in total. The molecule has 10 atom stereocenters. The van der Waals surface area contributed by atoms with Gasteiger partial charge in [0.1, 0.15) is 5.72 Å². The number of aromatic amines is 1. The molecule has 7 aliphatic rings. The molecule has 10 unspecified atom stereocenters. The fourth-order valence-electron chi connectivity index (χ4n) is 9.44. The summed E-state index contributed by atoms with van der Waals surface area (Å²) < 4.78 is 0. The standard InChI is InChI=1S/C21H22N2O/c24-21-18-12-7-11-14-15(12)19(21)17(14)20(16(11)18)23(21)6-5-9-8-22-13-4-2-1-3-10(9)13/h1-4,8,11-12,14-20,22,24H,5-7H2. The van der Waals surface area contributed by atoms with Gasteiger partial charge < -0.3 is 10.1 Å². The summed E-state index contributed by atoms with van der Waals surface area (Å²) >= 11 is 0. The van der Waals surface area contributed by atoms with Crippen molar-refractivity contribution < 1.29 is 5.11 Å². The molecular weight excluding hydrogens is 296 g/mol. The number of aromatic nitrogens is 1. The number of nitrogens with one attached hydrogen (secondary N) is 1. The van der Waals surface area contributed by atoms with Gasteiger partial charge in [-0.2, -0.15) is 0 Å². The Hall–Kier alpha value is -1.32. The highest BCUT2D eigenvalue weighted by atomic mass is 16.3. The molecule has 3 nitrogen and oxygen atoms in total. The summed E-state index contributed by atoms with van der Waals surface area (Å²) in [7, 11) is 0. The first-order valence-electron chi connectivity index (χ1n) is 9.84. The van der Waals surface area contributed by atoms with Crippen molar-refractivity contribution >= 4 is 10.9 Å². The number of benzene rings is 1. The van der Waals surface area contributed by atoms with Gasteiger partial charge in [-0.05, 0) is 60.0 Å². The summed E-state index contributed by atoms with van der Waals surface area (Å²) in [5.41, 5.74) is 2.24. The van der Waals surface area contributed by atoms with Crippen molar-refractivity contribution in [3.05, 3.63) is 36.0 Å². The molecule has 5 aliphatic carbocycles. The topological polar surface area (TPSA) is 39.3 Å². The molecule has 122 valence electrons. The van der Waals surface area contributed by atoms with E-state index in [0.29, 0.717) is 11.8 Å². The van der Waals surface area contributed by atoms with E-state index in [-0.39, 0.29) is 0 Å². The van der Waals surface area contributed by atoms with Gasteiger partial charge in [0.2, 0.25) is 0 Å². The maximum Gasteiger partial charge on any atom is 0.125 e. The number of rotatable bonds is 3. The van der Waals surface area contributed by atoms with Gasteiger partial charge in [0.05, 0.1) is 0 Å². The van der Waals surface area contributed by atoms with Crippen molar-refractivity contribution in [2.45, 2.75) is 24.6 Å². The maximum absolute atomic E-state index is 11.8. The van der Waals surface area contributed by atoms with E-state index in [0.717, 1.165) is 54.5 Å². The van der Waals surface area contributed by atoms with Gasteiger partial charge in [0.15, 0.2) is 0 Å². The van der Waals surface area contributed by atoms with Gasteiger partial charge in [-0.25, -0.2) is 0 Å². The molecule has 0 amide bonds. The molecule has 3 heteroatoms. The molecule has 2 saturated heterocycles. The van der Waals surface area contributed by atoms with E-state index < -0.39 is 5.72 Å². The molecule has 9 rings (SSSR count). The molecule has 7 fully saturated rings. The van der Waals surface area contributed by atoms with Crippen LogP contribution in [0.25, 0.3) is 10.9 Å². The van der Waals surface area contributed by atoms with Crippen LogP contribution in [-0.2, 0) is 6.42 Å². The Balaban J connectivity index is 1.18. The number of fused-ring (bicyclic) bond motifs is 1. The van der Waals surface area contributed by atoms with E-state index >= 15 is 0 Å². The van der Waals surface area contributed by atoms with Crippen LogP contribution in [0.3, 0.4) is 0 Å². The fourth-order valence-corrected chi connectivity index (χ4v) is 9.44. The molecule has 2 aromatic rings. The van der Waals surface area contributed by atoms with Crippen molar-refractivity contribution in [3.8, 4) is 0 Å². The van der Waals surface area contributed by atoms with Gasteiger partial charge in [-0.15, -0.1) is 0 Å². The van der Waals surface area contributed by atoms with Gasteiger partial charge >= 0.3 is 0 Å². The Kier molecular flexibility index (Phi) is 1.68. The summed E-state index contributed by atoms with van der Waals surface area (Å²) in [4.78, 5) is 6.01. The normalized spacial score (nSPS) is 57.1. The molecule has 2 aliphatic heterocycles. The van der Waals surface area contributed by atoms with E-state index in [1.54, 1.807) is 0 Å². The van der Waals surface area contributed by atoms with Gasteiger partial charge in [0, 0.05) is 41.5 Å². The highest BCUT2D eigenvalue weighted by Crippen LogP contribution is 2.90. The molecule has 1 aromatic carbocycles. The lowest BCUT2D eigenvalue weighted by Crippen LogP contribution is -2.51. The number of nitrogens with zero attached hydrogens (tertiary/aromatic N) is 1. The third-order valence-corrected chi connectivity index (χ3v) is 9.51. The zero-order valence-corrected chi connectivity index (χ0v) is 13.6. The Labute approximate surface area is 141 Å². The highest BCUT2D eigenvalue weighted by Gasteiger charge is 2.93. The smallest absolute Gasteiger partial charge is 0.125 e. The lowest BCUT2D eigenvalue weighted by atomic mass is 9.59. The molecular formula is C21H22N2O. The summed E-state index contributed by atoms with van der Waals surface area (Å²) in [6.07, 6.45) is 4.71. The fraction of sp³-hybridized carbons (Fsp3) is 0.619. The Morgan fingerprint density at radius 3 is 2.96 bits per heavy atom. The van der Waals surface area contributed by atoms with Crippen LogP contribution in [0.4, 0.5) is 0 Å². The minimum absolute atomic E-state index is 0.413. The van der Waals surface area contributed by atoms with Crippen LogP contribution in [0, 0.1) is 47.3 Å². The third kappa shape index (κ3) is 0.913. The molecule has 4 bridgehead atoms. The summed E-state index contributed by atoms with van der Waals surface area (Å²) in [5, 5.41) is 13.1. The number of para-hydroxylation sites is 1. The first-order valence-corrected chi connectivity index (χ1v) is 9.84. The lowest BCUT2D eigenvalue weighted by molar-refractivity contribution is -0.130. The van der Waals surface area contributed by atoms with E-state index in [2.05, 4.69) is 40.3 Å². The predicted octanol–water partition coefficient (Wildman–Crippen LogP) is 2.47. The first kappa shape index (κ1) is 12.1. The molecule has 5 saturated carbocycles. The Morgan fingerprint density at radius 1 is 1.08 bits per heavy atom. The average molecular weight is 318 g/mol. The molecule has 0 spiro atoms. The van der Waals surface area contributed by atoms with Gasteiger partial charge in [-0.1, -0.05) is 18.2 Å². The quantitative estimate of drug-likeness (QED) is 0.912. The molecule has 0 radical (unpaired) electrons. The zero-order chi connectivity index (χ0) is 15.4. The Morgan fingerprint density at radius 2 is 2.00 bits per heavy atom. The summed E-state index contributed by atoms with van der Waals surface area (Å²) in [6, 6.07) is 9.33. The molecule has 24 heavy (non-hydrogen) atoms. The minimum Gasteiger partial charge on any atom is -0.375 e. The van der Waals surface area contributed by atoms with Crippen molar-refractivity contribution in [2.75, 3.05) is 6.54 Å². The monoisotopic (exact) mass is 318 g/mol. The van der Waals surface area contributed by atoms with Gasteiger partial charge in [-0.3, -0.25) is 4.90 Å². The van der Waals surface area contributed by atoms with E-state index in [1.807, 2.05) is 0 Å². The van der Waals surface area contributed by atoms with Crippen LogP contribution in [-0.4, -0.2) is 33.3 Å². The zero-order valence-electron chi connectivity index (χ0n) is 13.6. The van der Waals surface area contributed by atoms with Crippen molar-refractivity contribution in [2.24, 2.45) is 47.3 Å². The van der Waals surface area contributed by atoms with Crippen LogP contribution in [0.5, 0.6) is 0 Å². The molecule has 1 aromatic heterocycles. The highest BCUT2D eigenvalue weighted by molar-refractivity contribution is 5.83. The van der Waals surface area contributed by atoms with Crippen LogP contribution in [0.2, 0.25) is 0 Å². The Bertz CT molecular complexity index is 919. The van der Waals surface area contributed by atoms with E-state index in [9.17, 15) is 5.11 Å². The predicted molar refractivity (Wildman–Crippen MR) is 90.0 cm³/mol. The van der Waals surface area contributed by atoms with Crippen LogP contribution >= 0.6 is 0 Å². The van der Waals surface area contributed by atoms with Crippen LogP contribution in [0.1, 0.15) is 12.0 Å². The second-order valence-corrected chi connectivity index (χ2v) is 9.50. The second-order valence-electron chi connectivity index (χ2n) is 9.50. The van der Waals surface area contributed by atoms with E-state index in [4.69, 9.17) is 0 Å². The van der Waals surface area contributed by atoms with E-state index in [1.165, 1.54) is 22.9 Å². The number of aliphatic hydroxyl groups is 1. The molecule has 3 heterocycles. The number of hydrogen-bond donors (Lipinski definition) is 2. The van der Waals surface area contributed by atoms with Crippen molar-refractivity contribution in [1.29, 1.82) is 0 Å².